The molecule has 3 heterocycles. The van der Waals surface area contributed by atoms with Crippen LogP contribution in [-0.4, -0.2) is 44.8 Å². The molecule has 3 rings (SSSR count). The standard InChI is InChI=1S/C19H24N4O/c1-16(24)23(15-18-3-2-8-21-13-18)19-6-11-22(12-7-19)14-17-4-9-20-10-5-17/h2-5,8-10,13,19H,6-7,11-12,14-15H2,1H3. The second-order valence-electron chi connectivity index (χ2n) is 6.37. The molecule has 1 aliphatic rings. The van der Waals surface area contributed by atoms with Crippen molar-refractivity contribution in [1.82, 2.24) is 19.8 Å². The lowest BCUT2D eigenvalue weighted by atomic mass is 10.0. The van der Waals surface area contributed by atoms with Crippen molar-refractivity contribution in [2.75, 3.05) is 13.1 Å². The summed E-state index contributed by atoms with van der Waals surface area (Å²) in [6.45, 7) is 5.31. The Morgan fingerprint density at radius 3 is 2.50 bits per heavy atom. The van der Waals surface area contributed by atoms with Crippen molar-refractivity contribution in [2.45, 2.75) is 38.9 Å². The van der Waals surface area contributed by atoms with E-state index in [4.69, 9.17) is 0 Å². The van der Waals surface area contributed by atoms with Gasteiger partial charge in [0.15, 0.2) is 0 Å². The molecule has 0 atom stereocenters. The van der Waals surface area contributed by atoms with Crippen molar-refractivity contribution >= 4 is 5.91 Å². The van der Waals surface area contributed by atoms with Crippen LogP contribution in [0.5, 0.6) is 0 Å². The summed E-state index contributed by atoms with van der Waals surface area (Å²) in [4.78, 5) is 24.8. The first kappa shape index (κ1) is 16.6. The average Bonchev–Trinajstić information content (AvgIpc) is 2.62. The molecule has 1 fully saturated rings. The highest BCUT2D eigenvalue weighted by Crippen LogP contribution is 2.20. The molecule has 1 aliphatic heterocycles. The van der Waals surface area contributed by atoms with Crippen LogP contribution in [0.2, 0.25) is 0 Å². The van der Waals surface area contributed by atoms with Gasteiger partial charge in [0.25, 0.3) is 0 Å². The fourth-order valence-corrected chi connectivity index (χ4v) is 3.32. The molecule has 0 bridgehead atoms. The molecule has 0 aliphatic carbocycles. The van der Waals surface area contributed by atoms with Gasteiger partial charge in [-0.15, -0.1) is 0 Å². The molecule has 0 unspecified atom stereocenters. The van der Waals surface area contributed by atoms with Crippen molar-refractivity contribution in [2.24, 2.45) is 0 Å². The molecule has 126 valence electrons. The summed E-state index contributed by atoms with van der Waals surface area (Å²) in [6.07, 6.45) is 9.32. The number of likely N-dealkylation sites (tertiary alicyclic amines) is 1. The van der Waals surface area contributed by atoms with Crippen LogP contribution in [0.3, 0.4) is 0 Å². The van der Waals surface area contributed by atoms with Crippen molar-refractivity contribution in [1.29, 1.82) is 0 Å². The molecule has 0 spiro atoms. The number of pyridine rings is 2. The van der Waals surface area contributed by atoms with Gasteiger partial charge in [0.1, 0.15) is 0 Å². The lowest BCUT2D eigenvalue weighted by Gasteiger charge is -2.38. The number of hydrogen-bond acceptors (Lipinski definition) is 4. The molecule has 1 saturated heterocycles. The maximum Gasteiger partial charge on any atom is 0.219 e. The number of piperidine rings is 1. The molecule has 0 saturated carbocycles. The zero-order valence-corrected chi connectivity index (χ0v) is 14.1. The van der Waals surface area contributed by atoms with Gasteiger partial charge in [-0.3, -0.25) is 19.7 Å². The SMILES string of the molecule is CC(=O)N(Cc1cccnc1)C1CCN(Cc2ccncc2)CC1. The van der Waals surface area contributed by atoms with Gasteiger partial charge in [0.2, 0.25) is 5.91 Å². The van der Waals surface area contributed by atoms with Crippen LogP contribution in [0.15, 0.2) is 49.1 Å². The number of nitrogens with zero attached hydrogens (tertiary/aromatic N) is 4. The van der Waals surface area contributed by atoms with E-state index in [0.29, 0.717) is 12.6 Å². The zero-order chi connectivity index (χ0) is 16.8. The van der Waals surface area contributed by atoms with Gasteiger partial charge in [-0.25, -0.2) is 0 Å². The lowest BCUT2D eigenvalue weighted by molar-refractivity contribution is -0.132. The molecular formula is C19H24N4O. The summed E-state index contributed by atoms with van der Waals surface area (Å²) in [5.74, 6) is 0.145. The van der Waals surface area contributed by atoms with Crippen LogP contribution >= 0.6 is 0 Å². The van der Waals surface area contributed by atoms with Crippen LogP contribution in [0, 0.1) is 0 Å². The smallest absolute Gasteiger partial charge is 0.219 e. The van der Waals surface area contributed by atoms with E-state index in [1.54, 1.807) is 13.1 Å². The first-order valence-electron chi connectivity index (χ1n) is 8.50. The van der Waals surface area contributed by atoms with E-state index in [-0.39, 0.29) is 5.91 Å². The molecule has 2 aromatic rings. The van der Waals surface area contributed by atoms with Gasteiger partial charge in [-0.2, -0.15) is 0 Å². The summed E-state index contributed by atoms with van der Waals surface area (Å²) < 4.78 is 0. The first-order valence-corrected chi connectivity index (χ1v) is 8.50. The number of carbonyl (C=O) groups excluding carboxylic acids is 1. The summed E-state index contributed by atoms with van der Waals surface area (Å²) in [6, 6.07) is 8.40. The highest BCUT2D eigenvalue weighted by molar-refractivity contribution is 5.73. The van der Waals surface area contributed by atoms with Gasteiger partial charge < -0.3 is 4.90 Å². The molecule has 0 N–H and O–H groups in total. The number of rotatable bonds is 5. The summed E-state index contributed by atoms with van der Waals surface area (Å²) in [7, 11) is 0. The Kier molecular flexibility index (Phi) is 5.54. The van der Waals surface area contributed by atoms with Gasteiger partial charge in [-0.05, 0) is 42.2 Å². The molecule has 5 heteroatoms. The van der Waals surface area contributed by atoms with Crippen molar-refractivity contribution < 1.29 is 4.79 Å². The third-order valence-electron chi connectivity index (χ3n) is 4.63. The lowest BCUT2D eigenvalue weighted by Crippen LogP contribution is -2.46. The van der Waals surface area contributed by atoms with Crippen molar-refractivity contribution in [3.63, 3.8) is 0 Å². The molecule has 5 nitrogen and oxygen atoms in total. The molecule has 1 amide bonds. The number of hydrogen-bond donors (Lipinski definition) is 0. The van der Waals surface area contributed by atoms with E-state index >= 15 is 0 Å². The van der Waals surface area contributed by atoms with Gasteiger partial charge in [0, 0.05) is 63.9 Å². The minimum absolute atomic E-state index is 0.145. The molecule has 0 radical (unpaired) electrons. The zero-order valence-electron chi connectivity index (χ0n) is 14.1. The topological polar surface area (TPSA) is 49.3 Å². The summed E-state index contributed by atoms with van der Waals surface area (Å²) in [5.41, 5.74) is 2.38. The third kappa shape index (κ3) is 4.38. The number of aromatic nitrogens is 2. The fourth-order valence-electron chi connectivity index (χ4n) is 3.32. The van der Waals surface area contributed by atoms with E-state index in [9.17, 15) is 4.79 Å². The van der Waals surface area contributed by atoms with E-state index in [2.05, 4.69) is 27.0 Å². The normalized spacial score (nSPS) is 16.0. The highest BCUT2D eigenvalue weighted by atomic mass is 16.2. The van der Waals surface area contributed by atoms with Crippen LogP contribution in [0.4, 0.5) is 0 Å². The van der Waals surface area contributed by atoms with Crippen molar-refractivity contribution in [3.8, 4) is 0 Å². The Bertz CT molecular complexity index is 639. The predicted octanol–water partition coefficient (Wildman–Crippen LogP) is 2.49. The Morgan fingerprint density at radius 1 is 1.12 bits per heavy atom. The van der Waals surface area contributed by atoms with Crippen molar-refractivity contribution in [3.05, 3.63) is 60.2 Å². The van der Waals surface area contributed by atoms with Crippen LogP contribution in [-0.2, 0) is 17.9 Å². The largest absolute Gasteiger partial charge is 0.335 e. The Morgan fingerprint density at radius 2 is 1.88 bits per heavy atom. The average molecular weight is 324 g/mol. The second-order valence-corrected chi connectivity index (χ2v) is 6.37. The molecule has 24 heavy (non-hydrogen) atoms. The van der Waals surface area contributed by atoms with Crippen LogP contribution in [0.1, 0.15) is 30.9 Å². The minimum atomic E-state index is 0.145. The molecule has 0 aromatic carbocycles. The number of carbonyl (C=O) groups is 1. The maximum atomic E-state index is 12.1. The van der Waals surface area contributed by atoms with Gasteiger partial charge in [-0.1, -0.05) is 6.07 Å². The molecule has 2 aromatic heterocycles. The van der Waals surface area contributed by atoms with Gasteiger partial charge >= 0.3 is 0 Å². The van der Waals surface area contributed by atoms with E-state index < -0.39 is 0 Å². The van der Waals surface area contributed by atoms with E-state index in [1.165, 1.54) is 5.56 Å². The Labute approximate surface area is 143 Å². The molecular weight excluding hydrogens is 300 g/mol. The fraction of sp³-hybridized carbons (Fsp3) is 0.421. The van der Waals surface area contributed by atoms with E-state index in [1.807, 2.05) is 35.6 Å². The van der Waals surface area contributed by atoms with Crippen LogP contribution in [0.25, 0.3) is 0 Å². The quantitative estimate of drug-likeness (QED) is 0.848. The number of amides is 1. The summed E-state index contributed by atoms with van der Waals surface area (Å²) in [5, 5.41) is 0. The predicted molar refractivity (Wildman–Crippen MR) is 93.0 cm³/mol. The van der Waals surface area contributed by atoms with Crippen LogP contribution < -0.4 is 0 Å². The third-order valence-corrected chi connectivity index (χ3v) is 4.63. The Balaban J connectivity index is 1.56. The highest BCUT2D eigenvalue weighted by Gasteiger charge is 2.26. The van der Waals surface area contributed by atoms with E-state index in [0.717, 1.165) is 38.0 Å². The minimum Gasteiger partial charge on any atom is -0.335 e. The summed E-state index contributed by atoms with van der Waals surface area (Å²) >= 11 is 0. The van der Waals surface area contributed by atoms with Gasteiger partial charge in [0.05, 0.1) is 0 Å². The maximum absolute atomic E-state index is 12.1. The first-order chi connectivity index (χ1) is 11.7. The Hall–Kier alpha value is -2.27. The second kappa shape index (κ2) is 8.02. The monoisotopic (exact) mass is 324 g/mol.